The Morgan fingerprint density at radius 3 is 2.70 bits per heavy atom. The third kappa shape index (κ3) is 2.75. The number of hydrogen-bond donors (Lipinski definition) is 0. The van der Waals surface area contributed by atoms with Crippen molar-refractivity contribution in [3.8, 4) is 6.07 Å². The van der Waals surface area contributed by atoms with Crippen LogP contribution >= 0.6 is 15.9 Å². The van der Waals surface area contributed by atoms with E-state index in [1.807, 2.05) is 12.1 Å². The van der Waals surface area contributed by atoms with Crippen LogP contribution in [0.2, 0.25) is 0 Å². The molecular formula is C13H8BrN3O3. The van der Waals surface area contributed by atoms with Crippen LogP contribution in [0.4, 0.5) is 5.69 Å². The van der Waals surface area contributed by atoms with E-state index in [2.05, 4.69) is 15.9 Å². The van der Waals surface area contributed by atoms with E-state index >= 15 is 0 Å². The van der Waals surface area contributed by atoms with Gasteiger partial charge in [-0.25, -0.2) is 0 Å². The van der Waals surface area contributed by atoms with Crippen LogP contribution in [-0.4, -0.2) is 9.49 Å². The summed E-state index contributed by atoms with van der Waals surface area (Å²) in [6.45, 7) is 0.149. The predicted octanol–water partition coefficient (Wildman–Crippen LogP) is 2.44. The molecule has 0 N–H and O–H groups in total. The lowest BCUT2D eigenvalue weighted by Gasteiger charge is -2.08. The number of pyridine rings is 1. The lowest BCUT2D eigenvalue weighted by atomic mass is 10.2. The highest BCUT2D eigenvalue weighted by molar-refractivity contribution is 9.10. The number of nitriles is 1. The van der Waals surface area contributed by atoms with Crippen molar-refractivity contribution in [1.29, 1.82) is 5.26 Å². The first-order valence-corrected chi connectivity index (χ1v) is 6.34. The SMILES string of the molecule is N#Cc1cc([N+](=O)[O-])cn(Cc2ccccc2Br)c1=O. The van der Waals surface area contributed by atoms with E-state index in [0.29, 0.717) is 0 Å². The van der Waals surface area contributed by atoms with Crippen LogP contribution in [0.25, 0.3) is 0 Å². The van der Waals surface area contributed by atoms with Crippen molar-refractivity contribution < 1.29 is 4.92 Å². The number of nitro groups is 1. The first-order valence-electron chi connectivity index (χ1n) is 5.55. The van der Waals surface area contributed by atoms with E-state index in [4.69, 9.17) is 5.26 Å². The maximum Gasteiger partial charge on any atom is 0.287 e. The van der Waals surface area contributed by atoms with Crippen LogP contribution in [0, 0.1) is 21.4 Å². The van der Waals surface area contributed by atoms with Gasteiger partial charge >= 0.3 is 0 Å². The van der Waals surface area contributed by atoms with Gasteiger partial charge in [-0.3, -0.25) is 14.9 Å². The van der Waals surface area contributed by atoms with E-state index in [-0.39, 0.29) is 17.8 Å². The Morgan fingerprint density at radius 2 is 2.10 bits per heavy atom. The molecule has 0 unspecified atom stereocenters. The van der Waals surface area contributed by atoms with Gasteiger partial charge in [0.15, 0.2) is 0 Å². The van der Waals surface area contributed by atoms with Gasteiger partial charge < -0.3 is 4.57 Å². The summed E-state index contributed by atoms with van der Waals surface area (Å²) in [6, 6.07) is 9.89. The molecule has 0 saturated carbocycles. The Hall–Kier alpha value is -2.46. The number of halogens is 1. The van der Waals surface area contributed by atoms with Crippen molar-refractivity contribution in [2.75, 3.05) is 0 Å². The van der Waals surface area contributed by atoms with Crippen molar-refractivity contribution in [1.82, 2.24) is 4.57 Å². The van der Waals surface area contributed by atoms with Gasteiger partial charge in [0.05, 0.1) is 17.7 Å². The van der Waals surface area contributed by atoms with Gasteiger partial charge in [0.25, 0.3) is 11.2 Å². The first-order chi connectivity index (χ1) is 9.52. The van der Waals surface area contributed by atoms with Crippen LogP contribution in [0.3, 0.4) is 0 Å². The molecule has 1 aromatic heterocycles. The van der Waals surface area contributed by atoms with Gasteiger partial charge in [-0.1, -0.05) is 34.1 Å². The molecule has 6 nitrogen and oxygen atoms in total. The quantitative estimate of drug-likeness (QED) is 0.637. The van der Waals surface area contributed by atoms with Gasteiger partial charge in [0.2, 0.25) is 0 Å². The molecule has 2 aromatic rings. The van der Waals surface area contributed by atoms with Crippen LogP contribution in [-0.2, 0) is 6.54 Å². The summed E-state index contributed by atoms with van der Waals surface area (Å²) in [5.74, 6) is 0. The summed E-state index contributed by atoms with van der Waals surface area (Å²) in [4.78, 5) is 22.2. The smallest absolute Gasteiger partial charge is 0.287 e. The number of benzene rings is 1. The first kappa shape index (κ1) is 14.0. The monoisotopic (exact) mass is 333 g/mol. The second-order valence-corrected chi connectivity index (χ2v) is 4.86. The third-order valence-electron chi connectivity index (χ3n) is 2.70. The molecular weight excluding hydrogens is 326 g/mol. The molecule has 100 valence electrons. The Balaban J connectivity index is 2.55. The number of aromatic nitrogens is 1. The lowest BCUT2D eigenvalue weighted by Crippen LogP contribution is -2.23. The summed E-state index contributed by atoms with van der Waals surface area (Å²) < 4.78 is 1.95. The molecule has 1 heterocycles. The van der Waals surface area contributed by atoms with Crippen molar-refractivity contribution >= 4 is 21.6 Å². The zero-order valence-corrected chi connectivity index (χ0v) is 11.7. The fraction of sp³-hybridized carbons (Fsp3) is 0.0769. The number of hydrogen-bond acceptors (Lipinski definition) is 4. The van der Waals surface area contributed by atoms with Gasteiger partial charge in [-0.2, -0.15) is 5.26 Å². The number of nitrogens with zero attached hydrogens (tertiary/aromatic N) is 3. The van der Waals surface area contributed by atoms with Crippen LogP contribution in [0.5, 0.6) is 0 Å². The standard InChI is InChI=1S/C13H8BrN3O3/c14-12-4-2-1-3-9(12)7-16-8-11(17(19)20)5-10(6-15)13(16)18/h1-5,8H,7H2. The van der Waals surface area contributed by atoms with E-state index < -0.39 is 10.5 Å². The van der Waals surface area contributed by atoms with Crippen LogP contribution < -0.4 is 5.56 Å². The highest BCUT2D eigenvalue weighted by Gasteiger charge is 2.14. The van der Waals surface area contributed by atoms with Crippen molar-refractivity contribution in [3.05, 3.63) is 72.6 Å². The Bertz CT molecular complexity index is 777. The molecule has 20 heavy (non-hydrogen) atoms. The highest BCUT2D eigenvalue weighted by atomic mass is 79.9. The Kier molecular flexibility index (Phi) is 3.96. The fourth-order valence-electron chi connectivity index (χ4n) is 1.73. The molecule has 0 radical (unpaired) electrons. The molecule has 0 aliphatic carbocycles. The minimum absolute atomic E-state index is 0.149. The van der Waals surface area contributed by atoms with Crippen molar-refractivity contribution in [2.45, 2.75) is 6.54 Å². The van der Waals surface area contributed by atoms with Crippen LogP contribution in [0.15, 0.2) is 45.8 Å². The fourth-order valence-corrected chi connectivity index (χ4v) is 2.14. The second-order valence-electron chi connectivity index (χ2n) is 4.01. The maximum absolute atomic E-state index is 12.0. The lowest BCUT2D eigenvalue weighted by molar-refractivity contribution is -0.385. The Labute approximate surface area is 122 Å². The molecule has 0 bridgehead atoms. The topological polar surface area (TPSA) is 88.9 Å². The second kappa shape index (κ2) is 5.67. The molecule has 0 amide bonds. The largest absolute Gasteiger partial charge is 0.303 e. The zero-order valence-electron chi connectivity index (χ0n) is 10.1. The van der Waals surface area contributed by atoms with E-state index in [9.17, 15) is 14.9 Å². The zero-order chi connectivity index (χ0) is 14.7. The molecule has 0 saturated heterocycles. The Morgan fingerprint density at radius 1 is 1.40 bits per heavy atom. The van der Waals surface area contributed by atoms with Gasteiger partial charge in [-0.05, 0) is 11.6 Å². The summed E-state index contributed by atoms with van der Waals surface area (Å²) in [5, 5.41) is 19.7. The molecule has 0 aliphatic rings. The highest BCUT2D eigenvalue weighted by Crippen LogP contribution is 2.17. The summed E-state index contributed by atoms with van der Waals surface area (Å²) in [7, 11) is 0. The molecule has 0 aliphatic heterocycles. The van der Waals surface area contributed by atoms with Crippen molar-refractivity contribution in [2.24, 2.45) is 0 Å². The van der Waals surface area contributed by atoms with Crippen LogP contribution in [0.1, 0.15) is 11.1 Å². The van der Waals surface area contributed by atoms with E-state index in [1.54, 1.807) is 18.2 Å². The normalized spacial score (nSPS) is 10.0. The third-order valence-corrected chi connectivity index (χ3v) is 3.48. The average Bonchev–Trinajstić information content (AvgIpc) is 2.43. The van der Waals surface area contributed by atoms with E-state index in [1.165, 1.54) is 0 Å². The van der Waals surface area contributed by atoms with Gasteiger partial charge in [0, 0.05) is 10.5 Å². The predicted molar refractivity (Wildman–Crippen MR) is 75.3 cm³/mol. The van der Waals surface area contributed by atoms with E-state index in [0.717, 1.165) is 26.9 Å². The molecule has 7 heteroatoms. The minimum Gasteiger partial charge on any atom is -0.303 e. The molecule has 0 spiro atoms. The number of rotatable bonds is 3. The summed E-state index contributed by atoms with van der Waals surface area (Å²) in [6.07, 6.45) is 1.14. The maximum atomic E-state index is 12.0. The molecule has 1 aromatic carbocycles. The molecule has 0 atom stereocenters. The summed E-state index contributed by atoms with van der Waals surface area (Å²) in [5.41, 5.74) is -0.285. The minimum atomic E-state index is -0.628. The van der Waals surface area contributed by atoms with Gasteiger partial charge in [-0.15, -0.1) is 0 Å². The average molecular weight is 334 g/mol. The van der Waals surface area contributed by atoms with Gasteiger partial charge in [0.1, 0.15) is 11.6 Å². The summed E-state index contributed by atoms with van der Waals surface area (Å²) >= 11 is 3.35. The van der Waals surface area contributed by atoms with Crippen molar-refractivity contribution in [3.63, 3.8) is 0 Å². The molecule has 2 rings (SSSR count). The molecule has 0 fully saturated rings.